The van der Waals surface area contributed by atoms with Gasteiger partial charge in [-0.3, -0.25) is 0 Å². The molecule has 1 heterocycles. The highest BCUT2D eigenvalue weighted by atomic mass is 19.3. The summed E-state index contributed by atoms with van der Waals surface area (Å²) in [5.74, 6) is -2.19. The van der Waals surface area contributed by atoms with Crippen LogP contribution >= 0.6 is 0 Å². The Labute approximate surface area is 124 Å². The minimum Gasteiger partial charge on any atom is -0.399 e. The summed E-state index contributed by atoms with van der Waals surface area (Å²) in [4.78, 5) is 1.66. The quantitative estimate of drug-likeness (QED) is 0.836. The lowest BCUT2D eigenvalue weighted by Gasteiger charge is -2.42. The van der Waals surface area contributed by atoms with Gasteiger partial charge in [0.2, 0.25) is 0 Å². The Morgan fingerprint density at radius 3 is 2.81 bits per heavy atom. The summed E-state index contributed by atoms with van der Waals surface area (Å²) < 4.78 is 27.4. The van der Waals surface area contributed by atoms with Gasteiger partial charge in [-0.1, -0.05) is 32.1 Å². The molecule has 0 saturated carbocycles. The Morgan fingerprint density at radius 2 is 2.19 bits per heavy atom. The van der Waals surface area contributed by atoms with Crippen LogP contribution in [0.15, 0.2) is 30.6 Å². The lowest BCUT2D eigenvalue weighted by Crippen LogP contribution is -2.52. The molecule has 1 aliphatic heterocycles. The van der Waals surface area contributed by atoms with Crippen molar-refractivity contribution < 1.29 is 8.78 Å². The highest BCUT2D eigenvalue weighted by molar-refractivity contribution is 5.49. The topological polar surface area (TPSA) is 41.3 Å². The van der Waals surface area contributed by atoms with Crippen molar-refractivity contribution in [2.75, 3.05) is 18.8 Å². The molecular weight excluding hydrogens is 272 g/mol. The second-order valence-electron chi connectivity index (χ2n) is 5.70. The van der Waals surface area contributed by atoms with Gasteiger partial charge in [-0.25, -0.2) is 8.78 Å². The van der Waals surface area contributed by atoms with Crippen LogP contribution in [0.4, 0.5) is 14.5 Å². The number of nitrogen functional groups attached to an aromatic ring is 1. The van der Waals surface area contributed by atoms with Gasteiger partial charge in [0.1, 0.15) is 0 Å². The number of halogens is 2. The van der Waals surface area contributed by atoms with Gasteiger partial charge in [0.25, 0.3) is 5.92 Å². The zero-order valence-corrected chi connectivity index (χ0v) is 12.6. The molecule has 1 atom stereocenters. The summed E-state index contributed by atoms with van der Waals surface area (Å²) in [6.07, 6.45) is 1.67. The van der Waals surface area contributed by atoms with Gasteiger partial charge in [-0.05, 0) is 30.5 Å². The molecule has 1 aromatic rings. The molecule has 0 aromatic heterocycles. The fraction of sp³-hybridized carbons (Fsp3) is 0.500. The zero-order valence-electron chi connectivity index (χ0n) is 12.6. The molecule has 21 heavy (non-hydrogen) atoms. The third-order valence-corrected chi connectivity index (χ3v) is 3.93. The highest BCUT2D eigenvalue weighted by Crippen LogP contribution is 2.34. The van der Waals surface area contributed by atoms with Crippen molar-refractivity contribution in [3.8, 4) is 0 Å². The molecule has 0 spiro atoms. The Balaban J connectivity index is 2.32. The maximum Gasteiger partial charge on any atom is 0.282 e. The summed E-state index contributed by atoms with van der Waals surface area (Å²) in [5.41, 5.74) is 8.61. The molecule has 1 saturated heterocycles. The largest absolute Gasteiger partial charge is 0.399 e. The normalized spacial score (nSPS) is 19.2. The maximum atomic E-state index is 13.7. The molecule has 0 bridgehead atoms. The first-order valence-corrected chi connectivity index (χ1v) is 7.27. The first-order valence-electron chi connectivity index (χ1n) is 7.27. The molecule has 1 unspecified atom stereocenters. The van der Waals surface area contributed by atoms with Gasteiger partial charge in [0.05, 0.1) is 25.0 Å². The Hall–Kier alpha value is -1.78. The van der Waals surface area contributed by atoms with Crippen molar-refractivity contribution in [3.63, 3.8) is 0 Å². The third-order valence-electron chi connectivity index (χ3n) is 3.93. The number of benzene rings is 1. The van der Waals surface area contributed by atoms with Gasteiger partial charge in [-0.15, -0.1) is 0 Å². The number of nitrogens with two attached hydrogens (primary N) is 1. The van der Waals surface area contributed by atoms with E-state index < -0.39 is 5.92 Å². The number of nitrogens with zero attached hydrogens (tertiary/aromatic N) is 1. The minimum atomic E-state index is -2.75. The van der Waals surface area contributed by atoms with Gasteiger partial charge in [0, 0.05) is 5.69 Å². The Morgan fingerprint density at radius 1 is 1.48 bits per heavy atom. The van der Waals surface area contributed by atoms with Crippen molar-refractivity contribution >= 4 is 5.69 Å². The second kappa shape index (κ2) is 5.92. The molecule has 3 nitrogen and oxygen atoms in total. The van der Waals surface area contributed by atoms with Crippen molar-refractivity contribution in [1.29, 1.82) is 0 Å². The average Bonchev–Trinajstić information content (AvgIpc) is 2.42. The van der Waals surface area contributed by atoms with Gasteiger partial charge in [0.15, 0.2) is 0 Å². The number of aryl methyl sites for hydroxylation is 1. The van der Waals surface area contributed by atoms with E-state index in [4.69, 9.17) is 5.73 Å². The molecule has 0 amide bonds. The van der Waals surface area contributed by atoms with Gasteiger partial charge in [-0.2, -0.15) is 0 Å². The van der Waals surface area contributed by atoms with Crippen molar-refractivity contribution in [3.05, 3.63) is 41.7 Å². The van der Waals surface area contributed by atoms with E-state index in [1.807, 2.05) is 32.0 Å². The summed E-state index contributed by atoms with van der Waals surface area (Å²) in [5, 5.41) is 2.71. The molecule has 116 valence electrons. The smallest absolute Gasteiger partial charge is 0.282 e. The van der Waals surface area contributed by atoms with Crippen LogP contribution in [0.25, 0.3) is 0 Å². The molecular formula is C16H23F2N3. The van der Waals surface area contributed by atoms with Crippen LogP contribution < -0.4 is 11.1 Å². The SMILES string of the molecule is C=C1NCC(F)(F)CN1C(CCC)c1ccc(C)c(N)c1. The maximum absolute atomic E-state index is 13.7. The first kappa shape index (κ1) is 15.6. The first-order chi connectivity index (χ1) is 9.84. The number of rotatable bonds is 4. The molecule has 1 aliphatic rings. The van der Waals surface area contributed by atoms with Crippen LogP contribution in [0.5, 0.6) is 0 Å². The van der Waals surface area contributed by atoms with Crippen LogP contribution in [0, 0.1) is 6.92 Å². The molecule has 2 rings (SSSR count). The average molecular weight is 295 g/mol. The monoisotopic (exact) mass is 295 g/mol. The number of hydrogen-bond donors (Lipinski definition) is 2. The lowest BCUT2D eigenvalue weighted by atomic mass is 9.97. The summed E-state index contributed by atoms with van der Waals surface area (Å²) in [6, 6.07) is 5.65. The molecule has 0 aliphatic carbocycles. The fourth-order valence-corrected chi connectivity index (χ4v) is 2.67. The fourth-order valence-electron chi connectivity index (χ4n) is 2.67. The summed E-state index contributed by atoms with van der Waals surface area (Å²) >= 11 is 0. The van der Waals surface area contributed by atoms with Crippen molar-refractivity contribution in [1.82, 2.24) is 10.2 Å². The molecule has 3 N–H and O–H groups in total. The number of alkyl halides is 2. The summed E-state index contributed by atoms with van der Waals surface area (Å²) in [6.45, 7) is 7.20. The number of hydrogen-bond acceptors (Lipinski definition) is 3. The predicted molar refractivity (Wildman–Crippen MR) is 82.0 cm³/mol. The minimum absolute atomic E-state index is 0.135. The molecule has 1 aromatic carbocycles. The lowest BCUT2D eigenvalue weighted by molar-refractivity contribution is -0.0536. The van der Waals surface area contributed by atoms with Crippen LogP contribution in [0.3, 0.4) is 0 Å². The van der Waals surface area contributed by atoms with Crippen LogP contribution in [0.1, 0.15) is 36.9 Å². The molecule has 0 radical (unpaired) electrons. The number of nitrogens with one attached hydrogen (secondary N) is 1. The zero-order chi connectivity index (χ0) is 15.6. The van der Waals surface area contributed by atoms with Crippen molar-refractivity contribution in [2.24, 2.45) is 0 Å². The Kier molecular flexibility index (Phi) is 4.40. The van der Waals surface area contributed by atoms with E-state index in [0.29, 0.717) is 11.5 Å². The van der Waals surface area contributed by atoms with Crippen LogP contribution in [0.2, 0.25) is 0 Å². The van der Waals surface area contributed by atoms with Crippen LogP contribution in [-0.2, 0) is 0 Å². The highest BCUT2D eigenvalue weighted by Gasteiger charge is 2.39. The van der Waals surface area contributed by atoms with E-state index >= 15 is 0 Å². The Bertz CT molecular complexity index is 528. The third kappa shape index (κ3) is 3.46. The van der Waals surface area contributed by atoms with E-state index in [0.717, 1.165) is 24.0 Å². The van der Waals surface area contributed by atoms with Gasteiger partial charge >= 0.3 is 0 Å². The van der Waals surface area contributed by atoms with E-state index in [1.165, 1.54) is 0 Å². The molecule has 1 fully saturated rings. The molecule has 5 heteroatoms. The van der Waals surface area contributed by atoms with E-state index in [-0.39, 0.29) is 19.1 Å². The van der Waals surface area contributed by atoms with E-state index in [1.54, 1.807) is 4.90 Å². The van der Waals surface area contributed by atoms with Crippen LogP contribution in [-0.4, -0.2) is 23.9 Å². The standard InChI is InChI=1S/C16H23F2N3/c1-4-5-15(13-7-6-11(2)14(19)8-13)21-10-16(17,18)9-20-12(21)3/h6-8,15,20H,3-5,9-10,19H2,1-2H3. The summed E-state index contributed by atoms with van der Waals surface area (Å²) in [7, 11) is 0. The van der Waals surface area contributed by atoms with E-state index in [2.05, 4.69) is 11.9 Å². The predicted octanol–water partition coefficient (Wildman–Crippen LogP) is 3.43. The second-order valence-corrected chi connectivity index (χ2v) is 5.70. The number of anilines is 1. The van der Waals surface area contributed by atoms with Crippen molar-refractivity contribution in [2.45, 2.75) is 38.7 Å². The van der Waals surface area contributed by atoms with Gasteiger partial charge < -0.3 is 16.0 Å². The van der Waals surface area contributed by atoms with E-state index in [9.17, 15) is 8.78 Å².